The van der Waals surface area contributed by atoms with Gasteiger partial charge in [-0.15, -0.1) is 0 Å². The van der Waals surface area contributed by atoms with Crippen molar-refractivity contribution in [2.75, 3.05) is 10.7 Å². The second-order valence-electron chi connectivity index (χ2n) is 5.67. The summed E-state index contributed by atoms with van der Waals surface area (Å²) in [6, 6.07) is 11.0. The van der Waals surface area contributed by atoms with Gasteiger partial charge in [-0.05, 0) is 24.3 Å². The second kappa shape index (κ2) is 5.77. The first kappa shape index (κ1) is 14.8. The van der Waals surface area contributed by atoms with E-state index in [-0.39, 0.29) is 5.41 Å². The molecular weight excluding hydrogens is 264 g/mol. The molecule has 0 saturated carbocycles. The number of hydrazine groups is 1. The molecule has 0 bridgehead atoms. The molecule has 0 saturated heterocycles. The van der Waals surface area contributed by atoms with Gasteiger partial charge in [0.1, 0.15) is 17.5 Å². The van der Waals surface area contributed by atoms with Crippen LogP contribution in [0.5, 0.6) is 0 Å². The molecule has 1 aromatic heterocycles. The molecule has 0 spiro atoms. The molecule has 108 valence electrons. The molecule has 2 aromatic rings. The number of nitrogens with two attached hydrogens (primary N) is 1. The lowest BCUT2D eigenvalue weighted by molar-refractivity contribution is 0.547. The Morgan fingerprint density at radius 3 is 2.24 bits per heavy atom. The molecule has 21 heavy (non-hydrogen) atoms. The number of hydrogen-bond donors (Lipinski definition) is 3. The average molecular weight is 282 g/mol. The van der Waals surface area contributed by atoms with Gasteiger partial charge in [0.25, 0.3) is 0 Å². The third kappa shape index (κ3) is 3.68. The molecule has 6 nitrogen and oxygen atoms in total. The van der Waals surface area contributed by atoms with Crippen molar-refractivity contribution in [2.24, 2.45) is 5.84 Å². The van der Waals surface area contributed by atoms with Crippen LogP contribution in [0.3, 0.4) is 0 Å². The number of nitrogens with zero attached hydrogens (tertiary/aromatic N) is 3. The summed E-state index contributed by atoms with van der Waals surface area (Å²) in [6.45, 7) is 6.11. The van der Waals surface area contributed by atoms with E-state index in [1.165, 1.54) is 0 Å². The van der Waals surface area contributed by atoms with Gasteiger partial charge in [-0.2, -0.15) is 5.26 Å². The van der Waals surface area contributed by atoms with E-state index in [1.54, 1.807) is 18.2 Å². The first-order chi connectivity index (χ1) is 9.92. The summed E-state index contributed by atoms with van der Waals surface area (Å²) in [5.74, 6) is 7.34. The quantitative estimate of drug-likeness (QED) is 0.591. The zero-order chi connectivity index (χ0) is 15.5. The van der Waals surface area contributed by atoms with Crippen molar-refractivity contribution >= 4 is 17.3 Å². The van der Waals surface area contributed by atoms with E-state index in [0.717, 1.165) is 5.69 Å². The summed E-state index contributed by atoms with van der Waals surface area (Å²) in [5, 5.41) is 12.0. The third-order valence-electron chi connectivity index (χ3n) is 2.83. The van der Waals surface area contributed by atoms with Crippen LogP contribution in [0.25, 0.3) is 0 Å². The predicted octanol–water partition coefficient (Wildman–Crippen LogP) is 2.67. The van der Waals surface area contributed by atoms with Crippen LogP contribution in [0.2, 0.25) is 0 Å². The Morgan fingerprint density at radius 1 is 1.10 bits per heavy atom. The van der Waals surface area contributed by atoms with Crippen molar-refractivity contribution in [2.45, 2.75) is 26.2 Å². The normalized spacial score (nSPS) is 10.8. The molecule has 0 atom stereocenters. The molecule has 0 fully saturated rings. The Kier molecular flexibility index (Phi) is 4.05. The lowest BCUT2D eigenvalue weighted by Crippen LogP contribution is -2.19. The van der Waals surface area contributed by atoms with Crippen LogP contribution in [0, 0.1) is 11.3 Å². The van der Waals surface area contributed by atoms with Crippen molar-refractivity contribution in [1.29, 1.82) is 5.26 Å². The van der Waals surface area contributed by atoms with Crippen LogP contribution < -0.4 is 16.6 Å². The fraction of sp³-hybridized carbons (Fsp3) is 0.267. The van der Waals surface area contributed by atoms with Crippen LogP contribution in [0.1, 0.15) is 32.2 Å². The van der Waals surface area contributed by atoms with Gasteiger partial charge in [-0.25, -0.2) is 15.8 Å². The molecule has 2 rings (SSSR count). The highest BCUT2D eigenvalue weighted by Gasteiger charge is 2.19. The smallest absolute Gasteiger partial charge is 0.145 e. The number of benzene rings is 1. The van der Waals surface area contributed by atoms with Crippen molar-refractivity contribution in [3.63, 3.8) is 0 Å². The first-order valence-electron chi connectivity index (χ1n) is 6.56. The van der Waals surface area contributed by atoms with Gasteiger partial charge in [0.05, 0.1) is 11.6 Å². The summed E-state index contributed by atoms with van der Waals surface area (Å²) in [5.41, 5.74) is 3.82. The van der Waals surface area contributed by atoms with Gasteiger partial charge in [0.2, 0.25) is 0 Å². The van der Waals surface area contributed by atoms with E-state index in [2.05, 4.69) is 26.8 Å². The molecule has 1 aromatic carbocycles. The summed E-state index contributed by atoms with van der Waals surface area (Å²) in [4.78, 5) is 8.87. The van der Waals surface area contributed by atoms with E-state index < -0.39 is 0 Å². The van der Waals surface area contributed by atoms with Crippen LogP contribution in [0.4, 0.5) is 17.3 Å². The minimum Gasteiger partial charge on any atom is -0.340 e. The summed E-state index contributed by atoms with van der Waals surface area (Å²) in [7, 11) is 0. The van der Waals surface area contributed by atoms with Gasteiger partial charge in [0, 0.05) is 17.2 Å². The number of nitrogen functional groups attached to an aromatic ring is 1. The minimum atomic E-state index is -0.187. The topological polar surface area (TPSA) is 99.6 Å². The zero-order valence-corrected chi connectivity index (χ0v) is 12.3. The fourth-order valence-corrected chi connectivity index (χ4v) is 1.70. The number of rotatable bonds is 3. The Morgan fingerprint density at radius 2 is 1.71 bits per heavy atom. The lowest BCUT2D eigenvalue weighted by atomic mass is 9.96. The second-order valence-corrected chi connectivity index (χ2v) is 5.67. The van der Waals surface area contributed by atoms with Crippen LogP contribution in [0.15, 0.2) is 30.3 Å². The standard InChI is InChI=1S/C15H18N6/c1-15(2,3)14-19-12(8-13(20-14)21-17)18-11-6-4-10(9-16)5-7-11/h4-8H,17H2,1-3H3,(H2,18,19,20,21). The Balaban J connectivity index is 2.32. The number of nitriles is 1. The average Bonchev–Trinajstić information content (AvgIpc) is 2.46. The van der Waals surface area contributed by atoms with Crippen molar-refractivity contribution < 1.29 is 0 Å². The van der Waals surface area contributed by atoms with Gasteiger partial charge in [-0.1, -0.05) is 20.8 Å². The highest BCUT2D eigenvalue weighted by molar-refractivity contribution is 5.60. The lowest BCUT2D eigenvalue weighted by Gasteiger charge is -2.18. The maximum atomic E-state index is 8.80. The van der Waals surface area contributed by atoms with Crippen molar-refractivity contribution in [3.05, 3.63) is 41.7 Å². The summed E-state index contributed by atoms with van der Waals surface area (Å²) in [6.07, 6.45) is 0. The van der Waals surface area contributed by atoms with Gasteiger partial charge in [-0.3, -0.25) is 0 Å². The monoisotopic (exact) mass is 282 g/mol. The number of nitrogens with one attached hydrogen (secondary N) is 2. The van der Waals surface area contributed by atoms with E-state index >= 15 is 0 Å². The van der Waals surface area contributed by atoms with E-state index in [4.69, 9.17) is 11.1 Å². The van der Waals surface area contributed by atoms with Crippen molar-refractivity contribution in [1.82, 2.24) is 9.97 Å². The Hall–Kier alpha value is -2.65. The Labute approximate surface area is 124 Å². The first-order valence-corrected chi connectivity index (χ1v) is 6.56. The SMILES string of the molecule is CC(C)(C)c1nc(NN)cc(Nc2ccc(C#N)cc2)n1. The van der Waals surface area contributed by atoms with Gasteiger partial charge >= 0.3 is 0 Å². The molecule has 0 aliphatic heterocycles. The summed E-state index contributed by atoms with van der Waals surface area (Å²) >= 11 is 0. The van der Waals surface area contributed by atoms with Crippen LogP contribution >= 0.6 is 0 Å². The largest absolute Gasteiger partial charge is 0.340 e. The van der Waals surface area contributed by atoms with Gasteiger partial charge in [0.15, 0.2) is 0 Å². The molecule has 0 unspecified atom stereocenters. The van der Waals surface area contributed by atoms with Crippen molar-refractivity contribution in [3.8, 4) is 6.07 Å². The van der Waals surface area contributed by atoms with E-state index in [9.17, 15) is 0 Å². The molecule has 0 radical (unpaired) electrons. The molecular formula is C15H18N6. The number of aromatic nitrogens is 2. The fourth-order valence-electron chi connectivity index (χ4n) is 1.70. The zero-order valence-electron chi connectivity index (χ0n) is 12.3. The van der Waals surface area contributed by atoms with E-state index in [1.807, 2.05) is 32.9 Å². The molecule has 1 heterocycles. The molecule has 4 N–H and O–H groups in total. The minimum absolute atomic E-state index is 0.187. The maximum absolute atomic E-state index is 8.80. The van der Waals surface area contributed by atoms with Crippen LogP contribution in [-0.4, -0.2) is 9.97 Å². The van der Waals surface area contributed by atoms with Gasteiger partial charge < -0.3 is 10.7 Å². The van der Waals surface area contributed by atoms with Crippen LogP contribution in [-0.2, 0) is 5.41 Å². The summed E-state index contributed by atoms with van der Waals surface area (Å²) < 4.78 is 0. The highest BCUT2D eigenvalue weighted by Crippen LogP contribution is 2.23. The molecule has 0 aliphatic carbocycles. The molecule has 0 amide bonds. The molecule has 6 heteroatoms. The number of hydrogen-bond acceptors (Lipinski definition) is 6. The Bertz CT molecular complexity index is 664. The maximum Gasteiger partial charge on any atom is 0.145 e. The highest BCUT2D eigenvalue weighted by atomic mass is 15.3. The third-order valence-corrected chi connectivity index (χ3v) is 2.83. The molecule has 0 aliphatic rings. The van der Waals surface area contributed by atoms with E-state index in [0.29, 0.717) is 23.0 Å². The number of anilines is 3. The predicted molar refractivity (Wildman–Crippen MR) is 83.0 cm³/mol.